The van der Waals surface area contributed by atoms with Crippen LogP contribution in [0.4, 0.5) is 0 Å². The lowest BCUT2D eigenvalue weighted by Crippen LogP contribution is -2.18. The van der Waals surface area contributed by atoms with E-state index in [4.69, 9.17) is 4.98 Å². The number of thiazole rings is 1. The maximum atomic E-state index is 4.71. The molecule has 0 saturated heterocycles. The summed E-state index contributed by atoms with van der Waals surface area (Å²) in [4.78, 5) is 4.71. The van der Waals surface area contributed by atoms with E-state index < -0.39 is 0 Å². The zero-order valence-electron chi connectivity index (χ0n) is 12.4. The maximum absolute atomic E-state index is 4.71. The van der Waals surface area contributed by atoms with Crippen molar-refractivity contribution in [1.82, 2.24) is 10.3 Å². The third-order valence-corrected chi connectivity index (χ3v) is 4.94. The maximum Gasteiger partial charge on any atom is 0.0982 e. The molecular formula is C16H21BrN2S. The van der Waals surface area contributed by atoms with Crippen molar-refractivity contribution >= 4 is 27.3 Å². The Labute approximate surface area is 133 Å². The van der Waals surface area contributed by atoms with Crippen molar-refractivity contribution in [3.8, 4) is 0 Å². The topological polar surface area (TPSA) is 24.9 Å². The second-order valence-electron chi connectivity index (χ2n) is 6.05. The first-order valence-corrected chi connectivity index (χ1v) is 8.47. The Kier molecular flexibility index (Phi) is 4.99. The van der Waals surface area contributed by atoms with Crippen LogP contribution in [0.1, 0.15) is 50.0 Å². The molecule has 1 aromatic carbocycles. The molecule has 0 unspecified atom stereocenters. The first-order valence-electron chi connectivity index (χ1n) is 6.80. The molecule has 0 fully saturated rings. The fourth-order valence-electron chi connectivity index (χ4n) is 1.88. The molecule has 2 nitrogen and oxygen atoms in total. The van der Waals surface area contributed by atoms with Crippen LogP contribution in [0.25, 0.3) is 0 Å². The van der Waals surface area contributed by atoms with Gasteiger partial charge in [-0.05, 0) is 24.6 Å². The van der Waals surface area contributed by atoms with Crippen LogP contribution in [-0.4, -0.2) is 4.98 Å². The highest BCUT2D eigenvalue weighted by Crippen LogP contribution is 2.26. The molecule has 0 bridgehead atoms. The summed E-state index contributed by atoms with van der Waals surface area (Å²) in [6.45, 7) is 9.59. The molecule has 1 atom stereocenters. The van der Waals surface area contributed by atoms with E-state index in [0.717, 1.165) is 16.7 Å². The molecule has 1 aromatic heterocycles. The molecule has 0 saturated carbocycles. The molecule has 0 amide bonds. The third-order valence-electron chi connectivity index (χ3n) is 3.13. The van der Waals surface area contributed by atoms with Crippen molar-refractivity contribution in [3.63, 3.8) is 0 Å². The highest BCUT2D eigenvalue weighted by atomic mass is 79.9. The molecule has 1 N–H and O–H groups in total. The SMILES string of the molecule is C[C@@H](NCc1csc(C(C)(C)C)n1)c1cccc(Br)c1. The average molecular weight is 353 g/mol. The quantitative estimate of drug-likeness (QED) is 0.832. The van der Waals surface area contributed by atoms with E-state index in [2.05, 4.69) is 72.5 Å². The predicted molar refractivity (Wildman–Crippen MR) is 90.2 cm³/mol. The van der Waals surface area contributed by atoms with E-state index >= 15 is 0 Å². The fourth-order valence-corrected chi connectivity index (χ4v) is 3.21. The monoisotopic (exact) mass is 352 g/mol. The second kappa shape index (κ2) is 6.37. The van der Waals surface area contributed by atoms with Crippen LogP contribution in [0.3, 0.4) is 0 Å². The smallest absolute Gasteiger partial charge is 0.0982 e. The van der Waals surface area contributed by atoms with Crippen molar-refractivity contribution in [2.45, 2.75) is 45.7 Å². The number of aromatic nitrogens is 1. The first-order chi connectivity index (χ1) is 9.36. The molecule has 2 aromatic rings. The number of nitrogens with one attached hydrogen (secondary N) is 1. The molecule has 0 aliphatic heterocycles. The van der Waals surface area contributed by atoms with Crippen molar-refractivity contribution < 1.29 is 0 Å². The minimum atomic E-state index is 0.138. The van der Waals surface area contributed by atoms with Crippen molar-refractivity contribution in [1.29, 1.82) is 0 Å². The van der Waals surface area contributed by atoms with Gasteiger partial charge < -0.3 is 5.32 Å². The second-order valence-corrected chi connectivity index (χ2v) is 7.83. The summed E-state index contributed by atoms with van der Waals surface area (Å²) >= 11 is 5.26. The zero-order chi connectivity index (χ0) is 14.8. The molecule has 20 heavy (non-hydrogen) atoms. The molecule has 0 aliphatic carbocycles. The van der Waals surface area contributed by atoms with Gasteiger partial charge in [0.1, 0.15) is 0 Å². The average Bonchev–Trinajstić information content (AvgIpc) is 2.84. The Morgan fingerprint density at radius 2 is 2.10 bits per heavy atom. The summed E-state index contributed by atoms with van der Waals surface area (Å²) in [6, 6.07) is 8.72. The van der Waals surface area contributed by atoms with Crippen LogP contribution < -0.4 is 5.32 Å². The molecule has 108 valence electrons. The first kappa shape index (κ1) is 15.7. The van der Waals surface area contributed by atoms with Gasteiger partial charge in [-0.1, -0.05) is 48.8 Å². The van der Waals surface area contributed by atoms with Gasteiger partial charge in [-0.2, -0.15) is 0 Å². The van der Waals surface area contributed by atoms with E-state index in [9.17, 15) is 0 Å². The minimum Gasteiger partial charge on any atom is -0.305 e. The Hall–Kier alpha value is -0.710. The normalized spacial score (nSPS) is 13.4. The summed E-state index contributed by atoms with van der Waals surface area (Å²) in [5.74, 6) is 0. The highest BCUT2D eigenvalue weighted by Gasteiger charge is 2.18. The lowest BCUT2D eigenvalue weighted by Gasteiger charge is -2.15. The van der Waals surface area contributed by atoms with E-state index in [1.165, 1.54) is 10.6 Å². The van der Waals surface area contributed by atoms with Crippen LogP contribution in [0.15, 0.2) is 34.1 Å². The van der Waals surface area contributed by atoms with Crippen molar-refractivity contribution in [2.24, 2.45) is 0 Å². The molecule has 0 radical (unpaired) electrons. The number of benzene rings is 1. The summed E-state index contributed by atoms with van der Waals surface area (Å²) in [5, 5.41) is 6.88. The van der Waals surface area contributed by atoms with E-state index in [1.807, 2.05) is 6.07 Å². The van der Waals surface area contributed by atoms with Gasteiger partial charge in [0.15, 0.2) is 0 Å². The van der Waals surface area contributed by atoms with Crippen LogP contribution in [-0.2, 0) is 12.0 Å². The Balaban J connectivity index is 1.97. The van der Waals surface area contributed by atoms with Crippen LogP contribution >= 0.6 is 27.3 Å². The van der Waals surface area contributed by atoms with Gasteiger partial charge in [0.25, 0.3) is 0 Å². The number of nitrogens with zero attached hydrogens (tertiary/aromatic N) is 1. The molecular weight excluding hydrogens is 332 g/mol. The number of halogens is 1. The van der Waals surface area contributed by atoms with E-state index in [-0.39, 0.29) is 5.41 Å². The van der Waals surface area contributed by atoms with Crippen molar-refractivity contribution in [2.75, 3.05) is 0 Å². The van der Waals surface area contributed by atoms with E-state index in [1.54, 1.807) is 11.3 Å². The molecule has 0 aliphatic rings. The summed E-state index contributed by atoms with van der Waals surface area (Å²) in [5.41, 5.74) is 2.55. The molecule has 0 spiro atoms. The lowest BCUT2D eigenvalue weighted by molar-refractivity contribution is 0.556. The van der Waals surface area contributed by atoms with Gasteiger partial charge in [0, 0.05) is 27.9 Å². The van der Waals surface area contributed by atoms with Gasteiger partial charge >= 0.3 is 0 Å². The Bertz CT molecular complexity index is 572. The third kappa shape index (κ3) is 4.14. The van der Waals surface area contributed by atoms with Crippen LogP contribution in [0.5, 0.6) is 0 Å². The van der Waals surface area contributed by atoms with Crippen molar-refractivity contribution in [3.05, 3.63) is 50.4 Å². The fraction of sp³-hybridized carbons (Fsp3) is 0.438. The standard InChI is InChI=1S/C16H21BrN2S/c1-11(12-6-5-7-13(17)8-12)18-9-14-10-20-15(19-14)16(2,3)4/h5-8,10-11,18H,9H2,1-4H3/t11-/m1/s1. The minimum absolute atomic E-state index is 0.138. The van der Waals surface area contributed by atoms with Crippen LogP contribution in [0.2, 0.25) is 0 Å². The van der Waals surface area contributed by atoms with E-state index in [0.29, 0.717) is 6.04 Å². The number of rotatable bonds is 4. The number of hydrogen-bond acceptors (Lipinski definition) is 3. The van der Waals surface area contributed by atoms with Gasteiger partial charge in [-0.15, -0.1) is 11.3 Å². The summed E-state index contributed by atoms with van der Waals surface area (Å²) < 4.78 is 1.12. The Morgan fingerprint density at radius 1 is 1.35 bits per heavy atom. The predicted octanol–water partition coefficient (Wildman–Crippen LogP) is 5.05. The number of hydrogen-bond donors (Lipinski definition) is 1. The molecule has 4 heteroatoms. The molecule has 1 heterocycles. The van der Waals surface area contributed by atoms with Crippen LogP contribution in [0, 0.1) is 0 Å². The van der Waals surface area contributed by atoms with Gasteiger partial charge in [0.2, 0.25) is 0 Å². The zero-order valence-corrected chi connectivity index (χ0v) is 14.8. The summed E-state index contributed by atoms with van der Waals surface area (Å²) in [6.07, 6.45) is 0. The highest BCUT2D eigenvalue weighted by molar-refractivity contribution is 9.10. The van der Waals surface area contributed by atoms with Gasteiger partial charge in [0.05, 0.1) is 10.7 Å². The Morgan fingerprint density at radius 3 is 2.70 bits per heavy atom. The van der Waals surface area contributed by atoms with Gasteiger partial charge in [-0.3, -0.25) is 0 Å². The largest absolute Gasteiger partial charge is 0.305 e. The molecule has 2 rings (SSSR count). The summed E-state index contributed by atoms with van der Waals surface area (Å²) in [7, 11) is 0. The lowest BCUT2D eigenvalue weighted by atomic mass is 9.98. The van der Waals surface area contributed by atoms with Gasteiger partial charge in [-0.25, -0.2) is 4.98 Å².